The number of aliphatic hydroxyl groups is 1. The number of nitrogens with zero attached hydrogens (tertiary/aromatic N) is 2. The third kappa shape index (κ3) is 3.16. The van der Waals surface area contributed by atoms with Crippen LogP contribution in [-0.4, -0.2) is 27.4 Å². The zero-order chi connectivity index (χ0) is 9.68. The summed E-state index contributed by atoms with van der Waals surface area (Å²) in [4.78, 5) is 3.99. The fraction of sp³-hybridized carbons (Fsp3) is 0.667. The molecule has 0 spiro atoms. The Morgan fingerprint density at radius 2 is 2.38 bits per heavy atom. The molecule has 0 saturated carbocycles. The Hall–Kier alpha value is -0.870. The number of rotatable bonds is 5. The fourth-order valence-electron chi connectivity index (χ4n) is 1.03. The van der Waals surface area contributed by atoms with Crippen molar-refractivity contribution in [3.8, 4) is 0 Å². The molecule has 1 aromatic heterocycles. The maximum Gasteiger partial charge on any atom is 0.0949 e. The van der Waals surface area contributed by atoms with Gasteiger partial charge in [0, 0.05) is 6.54 Å². The van der Waals surface area contributed by atoms with Crippen molar-refractivity contribution in [1.82, 2.24) is 9.55 Å². The lowest BCUT2D eigenvalue weighted by Gasteiger charge is -2.09. The molecule has 1 aromatic rings. The summed E-state index contributed by atoms with van der Waals surface area (Å²) >= 11 is 0. The van der Waals surface area contributed by atoms with Gasteiger partial charge in [-0.3, -0.25) is 0 Å². The maximum atomic E-state index is 8.75. The van der Waals surface area contributed by atoms with Crippen LogP contribution in [0.4, 0.5) is 0 Å². The van der Waals surface area contributed by atoms with E-state index in [4.69, 9.17) is 9.84 Å². The monoisotopic (exact) mass is 184 g/mol. The van der Waals surface area contributed by atoms with Gasteiger partial charge in [-0.1, -0.05) is 0 Å². The minimum atomic E-state index is 0.130. The van der Waals surface area contributed by atoms with Crippen LogP contribution >= 0.6 is 0 Å². The summed E-state index contributed by atoms with van der Waals surface area (Å²) in [6.45, 7) is 5.25. The Kier molecular flexibility index (Phi) is 3.92. The molecule has 0 fully saturated rings. The first-order valence-corrected chi connectivity index (χ1v) is 4.45. The predicted octanol–water partition coefficient (Wildman–Crippen LogP) is 0.800. The van der Waals surface area contributed by atoms with E-state index in [0.29, 0.717) is 13.2 Å². The van der Waals surface area contributed by atoms with Crippen molar-refractivity contribution in [3.63, 3.8) is 0 Å². The second-order valence-electron chi connectivity index (χ2n) is 3.16. The van der Waals surface area contributed by atoms with E-state index in [9.17, 15) is 0 Å². The van der Waals surface area contributed by atoms with E-state index in [-0.39, 0.29) is 12.7 Å². The van der Waals surface area contributed by atoms with Crippen molar-refractivity contribution in [2.45, 2.75) is 33.1 Å². The molecule has 4 heteroatoms. The van der Waals surface area contributed by atoms with E-state index in [1.807, 2.05) is 18.4 Å². The third-order valence-corrected chi connectivity index (χ3v) is 1.70. The molecule has 0 radical (unpaired) electrons. The van der Waals surface area contributed by atoms with Crippen LogP contribution in [0.25, 0.3) is 0 Å². The minimum Gasteiger partial charge on any atom is -0.395 e. The van der Waals surface area contributed by atoms with E-state index >= 15 is 0 Å². The van der Waals surface area contributed by atoms with Gasteiger partial charge in [-0.25, -0.2) is 4.98 Å². The first-order chi connectivity index (χ1) is 6.24. The summed E-state index contributed by atoms with van der Waals surface area (Å²) < 4.78 is 7.32. The molecule has 0 unspecified atom stereocenters. The molecule has 1 heterocycles. The van der Waals surface area contributed by atoms with E-state index in [1.165, 1.54) is 0 Å². The summed E-state index contributed by atoms with van der Waals surface area (Å²) in [6, 6.07) is 0. The van der Waals surface area contributed by atoms with Crippen LogP contribution in [0.15, 0.2) is 12.5 Å². The lowest BCUT2D eigenvalue weighted by atomic mass is 10.4. The summed E-state index contributed by atoms with van der Waals surface area (Å²) in [5, 5.41) is 8.75. The van der Waals surface area contributed by atoms with Crippen LogP contribution in [0, 0.1) is 0 Å². The summed E-state index contributed by atoms with van der Waals surface area (Å²) in [7, 11) is 0. The Labute approximate surface area is 78.2 Å². The third-order valence-electron chi connectivity index (χ3n) is 1.70. The smallest absolute Gasteiger partial charge is 0.0949 e. The molecule has 1 N–H and O–H groups in total. The molecule has 0 saturated heterocycles. The molecule has 74 valence electrons. The highest BCUT2D eigenvalue weighted by Crippen LogP contribution is 2.03. The highest BCUT2D eigenvalue weighted by Gasteiger charge is 2.02. The first kappa shape index (κ1) is 10.2. The van der Waals surface area contributed by atoms with Crippen molar-refractivity contribution in [2.24, 2.45) is 0 Å². The van der Waals surface area contributed by atoms with Gasteiger partial charge in [0.25, 0.3) is 0 Å². The highest BCUT2D eigenvalue weighted by atomic mass is 16.5. The lowest BCUT2D eigenvalue weighted by Crippen LogP contribution is -2.09. The molecular weight excluding hydrogens is 168 g/mol. The number of imidazole rings is 1. The molecule has 0 aromatic carbocycles. The number of hydrogen-bond donors (Lipinski definition) is 1. The van der Waals surface area contributed by atoms with E-state index in [1.54, 1.807) is 12.5 Å². The molecule has 0 aliphatic carbocycles. The largest absolute Gasteiger partial charge is 0.395 e. The number of aliphatic hydroxyl groups excluding tert-OH is 1. The summed E-state index contributed by atoms with van der Waals surface area (Å²) in [6.07, 6.45) is 3.69. The van der Waals surface area contributed by atoms with Gasteiger partial charge in [0.05, 0.1) is 37.5 Å². The van der Waals surface area contributed by atoms with Crippen molar-refractivity contribution in [3.05, 3.63) is 18.2 Å². The van der Waals surface area contributed by atoms with Gasteiger partial charge in [0.15, 0.2) is 0 Å². The van der Waals surface area contributed by atoms with Gasteiger partial charge in [-0.15, -0.1) is 0 Å². The van der Waals surface area contributed by atoms with Crippen LogP contribution in [-0.2, 0) is 17.9 Å². The Morgan fingerprint density at radius 1 is 1.62 bits per heavy atom. The molecule has 0 bridgehead atoms. The number of ether oxygens (including phenoxy) is 1. The van der Waals surface area contributed by atoms with Crippen LogP contribution in [0.3, 0.4) is 0 Å². The molecule has 0 aliphatic rings. The Morgan fingerprint density at radius 3 is 3.00 bits per heavy atom. The van der Waals surface area contributed by atoms with E-state index < -0.39 is 0 Å². The van der Waals surface area contributed by atoms with Crippen molar-refractivity contribution in [1.29, 1.82) is 0 Å². The standard InChI is InChI=1S/C9H16N2O2/c1-8(2)13-6-9-5-10-7-11(9)3-4-12/h5,7-8,12H,3-4,6H2,1-2H3. The highest BCUT2D eigenvalue weighted by molar-refractivity contribution is 4.96. The van der Waals surface area contributed by atoms with Gasteiger partial charge >= 0.3 is 0 Å². The molecule has 4 nitrogen and oxygen atoms in total. The van der Waals surface area contributed by atoms with Gasteiger partial charge in [-0.05, 0) is 13.8 Å². The maximum absolute atomic E-state index is 8.75. The van der Waals surface area contributed by atoms with Crippen molar-refractivity contribution >= 4 is 0 Å². The summed E-state index contributed by atoms with van der Waals surface area (Å²) in [5.41, 5.74) is 1.00. The second kappa shape index (κ2) is 4.99. The van der Waals surface area contributed by atoms with Crippen LogP contribution in [0.2, 0.25) is 0 Å². The van der Waals surface area contributed by atoms with Crippen molar-refractivity contribution < 1.29 is 9.84 Å². The Balaban J connectivity index is 2.49. The average molecular weight is 184 g/mol. The molecule has 0 atom stereocenters. The normalized spacial score (nSPS) is 11.1. The van der Waals surface area contributed by atoms with Crippen molar-refractivity contribution in [2.75, 3.05) is 6.61 Å². The van der Waals surface area contributed by atoms with E-state index in [0.717, 1.165) is 5.69 Å². The van der Waals surface area contributed by atoms with Gasteiger partial charge in [0.1, 0.15) is 0 Å². The molecule has 0 aliphatic heterocycles. The van der Waals surface area contributed by atoms with E-state index in [2.05, 4.69) is 4.98 Å². The minimum absolute atomic E-state index is 0.130. The summed E-state index contributed by atoms with van der Waals surface area (Å²) in [5.74, 6) is 0. The molecule has 1 rings (SSSR count). The van der Waals surface area contributed by atoms with Crippen LogP contribution in [0.1, 0.15) is 19.5 Å². The fourth-order valence-corrected chi connectivity index (χ4v) is 1.03. The average Bonchev–Trinajstić information content (AvgIpc) is 2.49. The lowest BCUT2D eigenvalue weighted by molar-refractivity contribution is 0.0613. The van der Waals surface area contributed by atoms with Crippen LogP contribution < -0.4 is 0 Å². The zero-order valence-electron chi connectivity index (χ0n) is 8.10. The molecular formula is C9H16N2O2. The quantitative estimate of drug-likeness (QED) is 0.736. The predicted molar refractivity (Wildman–Crippen MR) is 49.2 cm³/mol. The molecule has 13 heavy (non-hydrogen) atoms. The SMILES string of the molecule is CC(C)OCc1cncn1CCO. The van der Waals surface area contributed by atoms with Gasteiger partial charge in [0.2, 0.25) is 0 Å². The molecule has 0 amide bonds. The topological polar surface area (TPSA) is 47.3 Å². The number of aromatic nitrogens is 2. The number of hydrogen-bond acceptors (Lipinski definition) is 3. The Bertz CT molecular complexity index is 246. The first-order valence-electron chi connectivity index (χ1n) is 4.45. The second-order valence-corrected chi connectivity index (χ2v) is 3.16. The van der Waals surface area contributed by atoms with Crippen LogP contribution in [0.5, 0.6) is 0 Å². The van der Waals surface area contributed by atoms with Gasteiger partial charge < -0.3 is 14.4 Å². The zero-order valence-corrected chi connectivity index (χ0v) is 8.10. The van der Waals surface area contributed by atoms with Gasteiger partial charge in [-0.2, -0.15) is 0 Å².